The fourth-order valence-electron chi connectivity index (χ4n) is 1.92. The number of hydrogen-bond acceptors (Lipinski definition) is 8. The molecule has 0 radical (unpaired) electrons. The molecule has 0 spiro atoms. The van der Waals surface area contributed by atoms with Crippen LogP contribution in [0.25, 0.3) is 0 Å². The maximum atomic E-state index is 11.8. The van der Waals surface area contributed by atoms with Gasteiger partial charge in [-0.3, -0.25) is 30.7 Å². The second-order valence-electron chi connectivity index (χ2n) is 4.72. The molecule has 0 unspecified atom stereocenters. The van der Waals surface area contributed by atoms with E-state index in [1.54, 1.807) is 13.8 Å². The van der Waals surface area contributed by atoms with Gasteiger partial charge in [-0.2, -0.15) is 0 Å². The lowest BCUT2D eigenvalue weighted by atomic mass is 10.3. The van der Waals surface area contributed by atoms with E-state index in [1.807, 2.05) is 0 Å². The van der Waals surface area contributed by atoms with Gasteiger partial charge in [-0.1, -0.05) is 6.07 Å². The number of nitrogens with two attached hydrogens (primary N) is 2. The lowest BCUT2D eigenvalue weighted by Gasteiger charge is -2.08. The van der Waals surface area contributed by atoms with Crippen LogP contribution in [0.5, 0.6) is 0 Å². The number of amidine groups is 2. The lowest BCUT2D eigenvalue weighted by molar-refractivity contribution is -0.701. The summed E-state index contributed by atoms with van der Waals surface area (Å²) in [5.74, 6) is -2.96. The van der Waals surface area contributed by atoms with Crippen molar-refractivity contribution in [1.29, 1.82) is 0 Å². The van der Waals surface area contributed by atoms with Crippen LogP contribution in [0.2, 0.25) is 0 Å². The van der Waals surface area contributed by atoms with Crippen LogP contribution in [-0.2, 0) is 38.3 Å². The topological polar surface area (TPSA) is 163 Å². The Morgan fingerprint density at radius 2 is 1.29 bits per heavy atom. The van der Waals surface area contributed by atoms with E-state index in [2.05, 4.69) is 0 Å². The summed E-state index contributed by atoms with van der Waals surface area (Å²) < 4.78 is 10.9. The Bertz CT molecular complexity index is 755. The molecule has 0 heterocycles. The number of carbonyl (C=O) groups excluding carboxylic acids is 4. The third kappa shape index (κ3) is 5.52. The van der Waals surface area contributed by atoms with Gasteiger partial charge < -0.3 is 9.47 Å². The van der Waals surface area contributed by atoms with E-state index in [4.69, 9.17) is 30.6 Å². The first-order chi connectivity index (χ1) is 13.4. The summed E-state index contributed by atoms with van der Waals surface area (Å²) in [6, 6.07) is 5.53. The Kier molecular flexibility index (Phi) is 8.60. The van der Waals surface area contributed by atoms with Gasteiger partial charge in [0.2, 0.25) is 0 Å². The second kappa shape index (κ2) is 10.9. The zero-order valence-electron chi connectivity index (χ0n) is 15.2. The molecule has 1 rings (SSSR count). The minimum absolute atomic E-state index is 0.0392. The molecule has 12 heteroatoms. The van der Waals surface area contributed by atoms with Gasteiger partial charge in [-0.05, 0) is 35.5 Å². The highest BCUT2D eigenvalue weighted by atomic mass is 16.7. The van der Waals surface area contributed by atoms with Crippen LogP contribution in [-0.4, -0.2) is 59.2 Å². The Labute approximate surface area is 159 Å². The molecule has 4 N–H and O–H groups in total. The number of ether oxygens (including phenoxy) is 2. The van der Waals surface area contributed by atoms with Crippen LogP contribution in [0.4, 0.5) is 11.4 Å². The molecule has 0 fully saturated rings. The smallest absolute Gasteiger partial charge is 0.425 e. The van der Waals surface area contributed by atoms with Crippen molar-refractivity contribution in [2.24, 2.45) is 11.5 Å². The highest BCUT2D eigenvalue weighted by molar-refractivity contribution is 6.33. The molecule has 12 nitrogen and oxygen atoms in total. The molecule has 0 saturated heterocycles. The molecular formula is C16H20N4O8+2. The average molecular weight is 396 g/mol. The van der Waals surface area contributed by atoms with Gasteiger partial charge >= 0.3 is 36.6 Å². The van der Waals surface area contributed by atoms with Crippen LogP contribution < -0.4 is 11.5 Å². The van der Waals surface area contributed by atoms with Crippen molar-refractivity contribution in [3.05, 3.63) is 24.3 Å². The van der Waals surface area contributed by atoms with Crippen molar-refractivity contribution in [2.75, 3.05) is 13.2 Å². The SMILES string of the molecule is CCOC(=O)C(N)=[N+](OC=O)c1cccc([N+](OC=O)=C(N)C(=O)OCC)c1. The molecule has 0 aromatic heterocycles. The Hall–Kier alpha value is -3.96. The van der Waals surface area contributed by atoms with Gasteiger partial charge in [-0.15, -0.1) is 0 Å². The molecule has 0 atom stereocenters. The van der Waals surface area contributed by atoms with Crippen molar-refractivity contribution >= 4 is 47.9 Å². The monoisotopic (exact) mass is 396 g/mol. The quantitative estimate of drug-likeness (QED) is 0.106. The predicted molar refractivity (Wildman–Crippen MR) is 92.2 cm³/mol. The summed E-state index contributed by atoms with van der Waals surface area (Å²) in [6.07, 6.45) is 0. The first kappa shape index (κ1) is 22.1. The number of esters is 2. The molecule has 150 valence electrons. The Morgan fingerprint density at radius 1 is 0.893 bits per heavy atom. The zero-order valence-corrected chi connectivity index (χ0v) is 15.2. The highest BCUT2D eigenvalue weighted by Crippen LogP contribution is 2.21. The standard InChI is InChI=1S/C16H18N4O8/c1-3-25-15(23)13(17)19(27-9-21)11-6-5-7-12(8-11)20(28-10-22)14(18)16(24)26-4-2/h5-10,17-18H,3-4H2,1-2H3/p+2. The average Bonchev–Trinajstić information content (AvgIpc) is 2.69. The van der Waals surface area contributed by atoms with Crippen molar-refractivity contribution in [1.82, 2.24) is 0 Å². The Balaban J connectivity index is 3.52. The molecule has 0 aliphatic heterocycles. The van der Waals surface area contributed by atoms with Gasteiger partial charge in [0, 0.05) is 6.07 Å². The molecule has 0 aliphatic carbocycles. The summed E-state index contributed by atoms with van der Waals surface area (Å²) in [5.41, 5.74) is 11.5. The summed E-state index contributed by atoms with van der Waals surface area (Å²) in [5, 5.41) is 0. The lowest BCUT2D eigenvalue weighted by Crippen LogP contribution is -2.35. The first-order valence-electron chi connectivity index (χ1n) is 7.91. The predicted octanol–water partition coefficient (Wildman–Crippen LogP) is -1.01. The highest BCUT2D eigenvalue weighted by Gasteiger charge is 2.27. The first-order valence-corrected chi connectivity index (χ1v) is 7.91. The summed E-state index contributed by atoms with van der Waals surface area (Å²) in [4.78, 5) is 54.8. The van der Waals surface area contributed by atoms with E-state index >= 15 is 0 Å². The number of hydrogen-bond donors (Lipinski definition) is 2. The second-order valence-corrected chi connectivity index (χ2v) is 4.72. The van der Waals surface area contributed by atoms with Gasteiger partial charge in [0.15, 0.2) is 11.4 Å². The van der Waals surface area contributed by atoms with Gasteiger partial charge in [0.1, 0.15) is 0 Å². The third-order valence-electron chi connectivity index (χ3n) is 3.00. The molecule has 1 aromatic rings. The van der Waals surface area contributed by atoms with Crippen LogP contribution in [0, 0.1) is 0 Å². The van der Waals surface area contributed by atoms with E-state index in [1.165, 1.54) is 24.3 Å². The summed E-state index contributed by atoms with van der Waals surface area (Å²) in [6.45, 7) is 3.30. The zero-order chi connectivity index (χ0) is 21.1. The van der Waals surface area contributed by atoms with Crippen molar-refractivity contribution in [3.8, 4) is 0 Å². The Morgan fingerprint density at radius 3 is 1.61 bits per heavy atom. The van der Waals surface area contributed by atoms with Crippen molar-refractivity contribution in [3.63, 3.8) is 0 Å². The molecule has 0 saturated carbocycles. The van der Waals surface area contributed by atoms with Gasteiger partial charge in [0.05, 0.1) is 13.2 Å². The van der Waals surface area contributed by atoms with E-state index in [9.17, 15) is 19.2 Å². The van der Waals surface area contributed by atoms with Gasteiger partial charge in [-0.25, -0.2) is 9.59 Å². The fourth-order valence-corrected chi connectivity index (χ4v) is 1.92. The molecule has 0 aliphatic rings. The van der Waals surface area contributed by atoms with E-state index in [0.717, 1.165) is 0 Å². The van der Waals surface area contributed by atoms with E-state index < -0.39 is 23.6 Å². The maximum Gasteiger partial charge on any atom is 0.425 e. The van der Waals surface area contributed by atoms with Crippen molar-refractivity contribution < 1.29 is 47.8 Å². The van der Waals surface area contributed by atoms with Crippen LogP contribution in [0.1, 0.15) is 13.8 Å². The minimum Gasteiger partial charge on any atom is -0.457 e. The van der Waals surface area contributed by atoms with E-state index in [0.29, 0.717) is 9.48 Å². The summed E-state index contributed by atoms with van der Waals surface area (Å²) in [7, 11) is 0. The number of rotatable bonds is 8. The summed E-state index contributed by atoms with van der Waals surface area (Å²) >= 11 is 0. The normalized spacial score (nSPS) is 12.1. The molecule has 1 aromatic carbocycles. The van der Waals surface area contributed by atoms with Crippen LogP contribution in [0.15, 0.2) is 24.3 Å². The number of benzene rings is 1. The minimum atomic E-state index is -0.937. The largest absolute Gasteiger partial charge is 0.457 e. The molecule has 28 heavy (non-hydrogen) atoms. The molecule has 0 amide bonds. The van der Waals surface area contributed by atoms with Gasteiger partial charge in [0.25, 0.3) is 0 Å². The maximum absolute atomic E-state index is 11.8. The van der Waals surface area contributed by atoms with Crippen LogP contribution in [0.3, 0.4) is 0 Å². The van der Waals surface area contributed by atoms with Crippen LogP contribution >= 0.6 is 0 Å². The van der Waals surface area contributed by atoms with Crippen molar-refractivity contribution in [2.45, 2.75) is 13.8 Å². The number of carbonyl (C=O) groups is 4. The third-order valence-corrected chi connectivity index (χ3v) is 3.00. The molecule has 0 bridgehead atoms. The van der Waals surface area contributed by atoms with E-state index in [-0.39, 0.29) is 37.5 Å². The fraction of sp³-hybridized carbons (Fsp3) is 0.250. The number of nitrogens with zero attached hydrogens (tertiary/aromatic N) is 2. The molecular weight excluding hydrogens is 376 g/mol.